The maximum atomic E-state index is 13.5. The number of nitrogens with one attached hydrogen (secondary N) is 3. The first kappa shape index (κ1) is 28.8. The van der Waals surface area contributed by atoms with Crippen molar-refractivity contribution >= 4 is 29.3 Å². The molecule has 208 valence electrons. The van der Waals surface area contributed by atoms with Gasteiger partial charge in [-0.3, -0.25) is 4.79 Å². The van der Waals surface area contributed by atoms with E-state index in [0.717, 1.165) is 0 Å². The Morgan fingerprint density at radius 2 is 1.95 bits per heavy atom. The molecule has 38 heavy (non-hydrogen) atoms. The summed E-state index contributed by atoms with van der Waals surface area (Å²) in [5.41, 5.74) is 1.78. The summed E-state index contributed by atoms with van der Waals surface area (Å²) in [5.74, 6) is 0.345. The topological polar surface area (TPSA) is 149 Å². The van der Waals surface area contributed by atoms with Crippen molar-refractivity contribution in [3.63, 3.8) is 0 Å². The fourth-order valence-electron chi connectivity index (χ4n) is 4.16. The number of aliphatic hydroxyl groups excluding tert-OH is 1. The molecule has 3 atom stereocenters. The first-order valence-corrected chi connectivity index (χ1v) is 12.7. The molecule has 0 spiro atoms. The monoisotopic (exact) mass is 530 g/mol. The van der Waals surface area contributed by atoms with Gasteiger partial charge in [0.1, 0.15) is 23.2 Å². The minimum atomic E-state index is -0.473. The second-order valence-electron chi connectivity index (χ2n) is 10.1. The zero-order valence-electron chi connectivity index (χ0n) is 23.0. The van der Waals surface area contributed by atoms with Crippen LogP contribution in [0.15, 0.2) is 22.7 Å². The van der Waals surface area contributed by atoms with Crippen molar-refractivity contribution in [2.45, 2.75) is 59.7 Å². The molecule has 12 nitrogen and oxygen atoms in total. The minimum Gasteiger partial charge on any atom is -0.487 e. The van der Waals surface area contributed by atoms with Gasteiger partial charge in [-0.15, -0.1) is 0 Å². The predicted molar refractivity (Wildman–Crippen MR) is 143 cm³/mol. The van der Waals surface area contributed by atoms with Gasteiger partial charge in [0.15, 0.2) is 5.76 Å². The lowest BCUT2D eigenvalue weighted by molar-refractivity contribution is 0.0371. The van der Waals surface area contributed by atoms with E-state index in [0.29, 0.717) is 35.1 Å². The van der Waals surface area contributed by atoms with Crippen LogP contribution in [0.2, 0.25) is 0 Å². The number of carbonyl (C=O) groups is 3. The third-order valence-electron chi connectivity index (χ3n) is 6.41. The van der Waals surface area contributed by atoms with Crippen LogP contribution in [0.4, 0.5) is 21.0 Å². The number of aliphatic hydroxyl groups is 1. The molecule has 0 radical (unpaired) electrons. The lowest BCUT2D eigenvalue weighted by Gasteiger charge is -2.38. The second kappa shape index (κ2) is 12.2. The van der Waals surface area contributed by atoms with Crippen LogP contribution in [0.1, 0.15) is 49.5 Å². The van der Waals surface area contributed by atoms with E-state index in [2.05, 4.69) is 21.1 Å². The van der Waals surface area contributed by atoms with Crippen LogP contribution < -0.4 is 20.7 Å². The number of carbonyl (C=O) groups excluding carboxylic acids is 3. The zero-order valence-corrected chi connectivity index (χ0v) is 23.0. The summed E-state index contributed by atoms with van der Waals surface area (Å²) in [6.45, 7) is 11.2. The summed E-state index contributed by atoms with van der Waals surface area (Å²) < 4.78 is 11.4. The number of ether oxygens (including phenoxy) is 1. The highest BCUT2D eigenvalue weighted by Gasteiger charge is 2.34. The Morgan fingerprint density at radius 3 is 2.55 bits per heavy atom. The normalized spacial score (nSPS) is 18.1. The lowest BCUT2D eigenvalue weighted by Crippen LogP contribution is -2.50. The van der Waals surface area contributed by atoms with Crippen LogP contribution in [0.25, 0.3) is 0 Å². The van der Waals surface area contributed by atoms with Crippen molar-refractivity contribution in [2.75, 3.05) is 37.4 Å². The summed E-state index contributed by atoms with van der Waals surface area (Å²) in [5, 5.41) is 22.0. The SMILES string of the molecule is Cc1noc(C)c1NC(=O)N(C)C[C@@H]1Oc2ccc(NC(=O)NC(C)C)cc2C(=O)N([C@H](C)CO)C[C@H]1C. The van der Waals surface area contributed by atoms with E-state index in [-0.39, 0.29) is 42.6 Å². The minimum absolute atomic E-state index is 0.0563. The van der Waals surface area contributed by atoms with Gasteiger partial charge in [-0.1, -0.05) is 12.1 Å². The number of aryl methyl sites for hydroxylation is 2. The van der Waals surface area contributed by atoms with Gasteiger partial charge in [0.25, 0.3) is 5.91 Å². The van der Waals surface area contributed by atoms with Crippen molar-refractivity contribution < 1.29 is 28.8 Å². The molecular weight excluding hydrogens is 492 g/mol. The number of aromatic nitrogens is 1. The Hall–Kier alpha value is -3.80. The molecule has 2 aromatic rings. The van der Waals surface area contributed by atoms with E-state index in [1.165, 1.54) is 4.90 Å². The van der Waals surface area contributed by atoms with Crippen molar-refractivity contribution in [2.24, 2.45) is 5.92 Å². The molecule has 2 heterocycles. The Bertz CT molecular complexity index is 1150. The second-order valence-corrected chi connectivity index (χ2v) is 10.1. The van der Waals surface area contributed by atoms with Crippen LogP contribution in [0.3, 0.4) is 0 Å². The third kappa shape index (κ3) is 6.74. The Kier molecular flexibility index (Phi) is 9.21. The molecule has 1 aromatic carbocycles. The molecule has 12 heteroatoms. The number of likely N-dealkylation sites (N-methyl/N-ethyl adjacent to an activating group) is 1. The van der Waals surface area contributed by atoms with E-state index >= 15 is 0 Å². The summed E-state index contributed by atoms with van der Waals surface area (Å²) in [6.07, 6.45) is -0.473. The number of fused-ring (bicyclic) bond motifs is 1. The average molecular weight is 531 g/mol. The highest BCUT2D eigenvalue weighted by Crippen LogP contribution is 2.31. The van der Waals surface area contributed by atoms with Crippen molar-refractivity contribution in [3.8, 4) is 5.75 Å². The summed E-state index contributed by atoms with van der Waals surface area (Å²) in [4.78, 5) is 41.8. The summed E-state index contributed by atoms with van der Waals surface area (Å²) in [6, 6.07) is 3.60. The molecule has 1 aliphatic rings. The van der Waals surface area contributed by atoms with Crippen LogP contribution in [0, 0.1) is 19.8 Å². The fourth-order valence-corrected chi connectivity index (χ4v) is 4.16. The van der Waals surface area contributed by atoms with E-state index < -0.39 is 18.2 Å². The quantitative estimate of drug-likeness (QED) is 0.429. The molecular formula is C26H38N6O6. The van der Waals surface area contributed by atoms with Crippen LogP contribution >= 0.6 is 0 Å². The Labute approximate surface area is 222 Å². The van der Waals surface area contributed by atoms with Gasteiger partial charge in [0.2, 0.25) is 0 Å². The highest BCUT2D eigenvalue weighted by molar-refractivity contribution is 5.99. The number of benzene rings is 1. The first-order valence-electron chi connectivity index (χ1n) is 12.7. The van der Waals surface area contributed by atoms with Gasteiger partial charge in [0, 0.05) is 31.2 Å². The van der Waals surface area contributed by atoms with Crippen LogP contribution in [-0.2, 0) is 0 Å². The first-order chi connectivity index (χ1) is 17.9. The molecule has 5 amide bonds. The van der Waals surface area contributed by atoms with Gasteiger partial charge in [-0.25, -0.2) is 9.59 Å². The van der Waals surface area contributed by atoms with Gasteiger partial charge < -0.3 is 40.1 Å². The van der Waals surface area contributed by atoms with E-state index in [4.69, 9.17) is 9.26 Å². The molecule has 0 unspecified atom stereocenters. The number of hydrogen-bond acceptors (Lipinski definition) is 7. The van der Waals surface area contributed by atoms with E-state index in [1.807, 2.05) is 20.8 Å². The summed E-state index contributed by atoms with van der Waals surface area (Å²) in [7, 11) is 1.66. The molecule has 0 saturated heterocycles. The van der Waals surface area contributed by atoms with E-state index in [1.54, 1.807) is 50.9 Å². The molecule has 0 bridgehead atoms. The smallest absolute Gasteiger partial charge is 0.321 e. The largest absolute Gasteiger partial charge is 0.487 e. The van der Waals surface area contributed by atoms with Crippen LogP contribution in [-0.4, -0.2) is 83.0 Å². The number of anilines is 2. The molecule has 1 aromatic heterocycles. The Balaban J connectivity index is 1.87. The molecule has 0 saturated carbocycles. The zero-order chi connectivity index (χ0) is 28.1. The van der Waals surface area contributed by atoms with Gasteiger partial charge in [0.05, 0.1) is 24.8 Å². The highest BCUT2D eigenvalue weighted by atomic mass is 16.5. The number of amides is 5. The van der Waals surface area contributed by atoms with Crippen molar-refractivity contribution in [3.05, 3.63) is 35.2 Å². The third-order valence-corrected chi connectivity index (χ3v) is 6.41. The maximum absolute atomic E-state index is 13.5. The standard InChI is InChI=1S/C26H38N6O6/c1-14(2)27-25(35)28-19-8-9-21-20(10-19)24(34)32(16(4)13-33)11-15(3)22(37-21)12-31(7)26(36)29-23-17(5)30-38-18(23)6/h8-10,14-16,22,33H,11-13H2,1-7H3,(H,29,36)(H2,27,28,35)/t15-,16-,22+/m1/s1. The van der Waals surface area contributed by atoms with Crippen LogP contribution in [0.5, 0.6) is 5.75 Å². The fraction of sp³-hybridized carbons (Fsp3) is 0.538. The van der Waals surface area contributed by atoms with Gasteiger partial charge >= 0.3 is 12.1 Å². The predicted octanol–water partition coefficient (Wildman–Crippen LogP) is 3.21. The molecule has 1 aliphatic heterocycles. The number of nitrogens with zero attached hydrogens (tertiary/aromatic N) is 3. The summed E-state index contributed by atoms with van der Waals surface area (Å²) >= 11 is 0. The van der Waals surface area contributed by atoms with Crippen molar-refractivity contribution in [1.29, 1.82) is 0 Å². The van der Waals surface area contributed by atoms with E-state index in [9.17, 15) is 19.5 Å². The molecule has 4 N–H and O–H groups in total. The number of urea groups is 2. The Morgan fingerprint density at radius 1 is 1.24 bits per heavy atom. The number of hydrogen-bond donors (Lipinski definition) is 4. The maximum Gasteiger partial charge on any atom is 0.321 e. The lowest BCUT2D eigenvalue weighted by atomic mass is 9.99. The van der Waals surface area contributed by atoms with Gasteiger partial charge in [-0.05, 0) is 52.8 Å². The van der Waals surface area contributed by atoms with Gasteiger partial charge in [-0.2, -0.15) is 0 Å². The number of rotatable bonds is 7. The molecule has 0 aliphatic carbocycles. The molecule has 3 rings (SSSR count). The average Bonchev–Trinajstić information content (AvgIpc) is 3.17. The molecule has 0 fully saturated rings. The van der Waals surface area contributed by atoms with Crippen molar-refractivity contribution in [1.82, 2.24) is 20.3 Å².